The first-order valence-corrected chi connectivity index (χ1v) is 10.2. The molecule has 1 spiro atoms. The average Bonchev–Trinajstić information content (AvgIpc) is 3.23. The van der Waals surface area contributed by atoms with Crippen LogP contribution in [-0.4, -0.2) is 71.8 Å². The lowest BCUT2D eigenvalue weighted by Crippen LogP contribution is -2.65. The van der Waals surface area contributed by atoms with Crippen molar-refractivity contribution in [3.8, 4) is 0 Å². The second kappa shape index (κ2) is 7.31. The van der Waals surface area contributed by atoms with Gasteiger partial charge in [-0.05, 0) is 26.2 Å². The summed E-state index contributed by atoms with van der Waals surface area (Å²) < 4.78 is 12.0. The van der Waals surface area contributed by atoms with Crippen LogP contribution in [-0.2, 0) is 20.8 Å². The lowest BCUT2D eigenvalue weighted by molar-refractivity contribution is -0.200. The molecule has 0 saturated carbocycles. The van der Waals surface area contributed by atoms with E-state index in [-0.39, 0.29) is 24.2 Å². The molecule has 1 aromatic rings. The highest BCUT2D eigenvalue weighted by Crippen LogP contribution is 2.36. The van der Waals surface area contributed by atoms with E-state index < -0.39 is 0 Å². The molecule has 0 N–H and O–H groups in total. The van der Waals surface area contributed by atoms with Crippen molar-refractivity contribution in [1.29, 1.82) is 0 Å². The van der Waals surface area contributed by atoms with Gasteiger partial charge in [-0.15, -0.1) is 11.3 Å². The number of amides is 1. The van der Waals surface area contributed by atoms with Crippen LogP contribution < -0.4 is 0 Å². The zero-order valence-electron chi connectivity index (χ0n) is 14.9. The van der Waals surface area contributed by atoms with E-state index in [9.17, 15) is 4.79 Å². The minimum Gasteiger partial charge on any atom is -0.372 e. The van der Waals surface area contributed by atoms with Gasteiger partial charge < -0.3 is 14.4 Å². The molecule has 4 heterocycles. The molecule has 6 nitrogen and oxygen atoms in total. The number of nitrogens with zero attached hydrogens (tertiary/aromatic N) is 3. The van der Waals surface area contributed by atoms with E-state index in [0.717, 1.165) is 70.7 Å². The molecule has 138 valence electrons. The monoisotopic (exact) mass is 365 g/mol. The Kier molecular flexibility index (Phi) is 5.08. The van der Waals surface area contributed by atoms with Crippen molar-refractivity contribution >= 4 is 17.2 Å². The van der Waals surface area contributed by atoms with Crippen molar-refractivity contribution in [2.24, 2.45) is 0 Å². The number of likely N-dealkylation sites (tertiary alicyclic amines) is 2. The maximum Gasteiger partial charge on any atom is 0.248 e. The number of thiazole rings is 1. The molecule has 1 atom stereocenters. The van der Waals surface area contributed by atoms with E-state index in [0.29, 0.717) is 0 Å². The molecule has 0 aliphatic carbocycles. The Balaban J connectivity index is 1.22. The molecular weight excluding hydrogens is 338 g/mol. The van der Waals surface area contributed by atoms with Gasteiger partial charge >= 0.3 is 0 Å². The summed E-state index contributed by atoms with van der Waals surface area (Å²) >= 11 is 1.73. The number of rotatable bonds is 5. The molecule has 3 aliphatic heterocycles. The maximum atomic E-state index is 12.1. The van der Waals surface area contributed by atoms with Crippen LogP contribution in [0.2, 0.25) is 0 Å². The number of carbonyl (C=O) groups is 1. The first kappa shape index (κ1) is 17.4. The van der Waals surface area contributed by atoms with E-state index in [2.05, 4.69) is 15.3 Å². The Morgan fingerprint density at radius 3 is 2.96 bits per heavy atom. The summed E-state index contributed by atoms with van der Waals surface area (Å²) in [5, 5.41) is 3.27. The van der Waals surface area contributed by atoms with Gasteiger partial charge in [-0.3, -0.25) is 9.69 Å². The third kappa shape index (κ3) is 4.05. The molecule has 0 aromatic carbocycles. The second-order valence-electron chi connectivity index (χ2n) is 7.57. The van der Waals surface area contributed by atoms with Crippen molar-refractivity contribution in [2.75, 3.05) is 39.4 Å². The Hall–Kier alpha value is -1.02. The van der Waals surface area contributed by atoms with Crippen molar-refractivity contribution in [2.45, 2.75) is 50.9 Å². The number of aryl methyl sites for hydroxylation is 1. The predicted octanol–water partition coefficient (Wildman–Crippen LogP) is 1.82. The quantitative estimate of drug-likeness (QED) is 0.797. The first-order chi connectivity index (χ1) is 12.1. The summed E-state index contributed by atoms with van der Waals surface area (Å²) in [6.07, 6.45) is 4.18. The minimum atomic E-state index is -0.0775. The minimum absolute atomic E-state index is 0.0775. The lowest BCUT2D eigenvalue weighted by Gasteiger charge is -2.53. The summed E-state index contributed by atoms with van der Waals surface area (Å²) in [4.78, 5) is 21.0. The van der Waals surface area contributed by atoms with Crippen molar-refractivity contribution in [3.63, 3.8) is 0 Å². The molecule has 0 bridgehead atoms. The molecule has 25 heavy (non-hydrogen) atoms. The summed E-state index contributed by atoms with van der Waals surface area (Å²) in [7, 11) is 0. The zero-order valence-corrected chi connectivity index (χ0v) is 15.7. The zero-order chi connectivity index (χ0) is 17.3. The molecule has 1 amide bonds. The van der Waals surface area contributed by atoms with Crippen molar-refractivity contribution in [3.05, 3.63) is 16.1 Å². The number of carbonyl (C=O) groups excluding carboxylic acids is 1. The van der Waals surface area contributed by atoms with Gasteiger partial charge in [-0.1, -0.05) is 0 Å². The molecule has 0 unspecified atom stereocenters. The number of ether oxygens (including phenoxy) is 2. The third-order valence-electron chi connectivity index (χ3n) is 5.40. The standard InChI is InChI=1S/C18H27N3O3S/c1-14-11-25-16(19-14)9-20-12-18(13-20)8-15(4-7-24-18)23-10-17(22)21-5-2-3-6-21/h11,15H,2-10,12-13H2,1H3/t15-/m0/s1. The van der Waals surface area contributed by atoms with E-state index in [1.54, 1.807) is 11.3 Å². The van der Waals surface area contributed by atoms with Crippen LogP contribution in [0.5, 0.6) is 0 Å². The largest absolute Gasteiger partial charge is 0.372 e. The maximum absolute atomic E-state index is 12.1. The van der Waals surface area contributed by atoms with Gasteiger partial charge in [0.2, 0.25) is 5.91 Å². The highest BCUT2D eigenvalue weighted by atomic mass is 32.1. The smallest absolute Gasteiger partial charge is 0.248 e. The summed E-state index contributed by atoms with van der Waals surface area (Å²) in [5.41, 5.74) is 1.02. The molecule has 7 heteroatoms. The van der Waals surface area contributed by atoms with Crippen LogP contribution in [0.15, 0.2) is 5.38 Å². The highest BCUT2D eigenvalue weighted by molar-refractivity contribution is 7.09. The Morgan fingerprint density at radius 1 is 1.44 bits per heavy atom. The second-order valence-corrected chi connectivity index (χ2v) is 8.52. The predicted molar refractivity (Wildman–Crippen MR) is 95.6 cm³/mol. The van der Waals surface area contributed by atoms with Crippen molar-refractivity contribution < 1.29 is 14.3 Å². The summed E-state index contributed by atoms with van der Waals surface area (Å²) in [6, 6.07) is 0. The van der Waals surface area contributed by atoms with Gasteiger partial charge in [0.05, 0.1) is 18.2 Å². The fourth-order valence-electron chi connectivity index (χ4n) is 4.14. The average molecular weight is 365 g/mol. The first-order valence-electron chi connectivity index (χ1n) is 9.29. The molecule has 4 rings (SSSR count). The normalized spacial score (nSPS) is 26.1. The SMILES string of the molecule is Cc1csc(CN2CC3(C[C@@H](OCC(=O)N4CCCC4)CCO3)C2)n1. The van der Waals surface area contributed by atoms with Crippen LogP contribution in [0.3, 0.4) is 0 Å². The fraction of sp³-hybridized carbons (Fsp3) is 0.778. The van der Waals surface area contributed by atoms with E-state index in [1.165, 1.54) is 5.01 Å². The molecule has 3 aliphatic rings. The Morgan fingerprint density at radius 2 is 2.24 bits per heavy atom. The molecule has 3 saturated heterocycles. The van der Waals surface area contributed by atoms with Gasteiger partial charge in [0.15, 0.2) is 0 Å². The molecule has 1 aromatic heterocycles. The van der Waals surface area contributed by atoms with Crippen LogP contribution in [0.1, 0.15) is 36.4 Å². The van der Waals surface area contributed by atoms with Crippen LogP contribution >= 0.6 is 11.3 Å². The van der Waals surface area contributed by atoms with E-state index in [1.807, 2.05) is 11.8 Å². The third-order valence-corrected chi connectivity index (χ3v) is 6.35. The van der Waals surface area contributed by atoms with E-state index >= 15 is 0 Å². The highest BCUT2D eigenvalue weighted by Gasteiger charge is 2.47. The molecular formula is C18H27N3O3S. The van der Waals surface area contributed by atoms with Crippen LogP contribution in [0, 0.1) is 6.92 Å². The topological polar surface area (TPSA) is 54.9 Å². The Bertz CT molecular complexity index is 608. The van der Waals surface area contributed by atoms with E-state index in [4.69, 9.17) is 9.47 Å². The van der Waals surface area contributed by atoms with Crippen LogP contribution in [0.4, 0.5) is 0 Å². The van der Waals surface area contributed by atoms with Gasteiger partial charge in [-0.25, -0.2) is 4.98 Å². The Labute approximate surface area is 153 Å². The number of aromatic nitrogens is 1. The molecule has 0 radical (unpaired) electrons. The lowest BCUT2D eigenvalue weighted by atomic mass is 9.85. The van der Waals surface area contributed by atoms with Gasteiger partial charge in [-0.2, -0.15) is 0 Å². The van der Waals surface area contributed by atoms with Crippen molar-refractivity contribution in [1.82, 2.24) is 14.8 Å². The summed E-state index contributed by atoms with van der Waals surface area (Å²) in [6.45, 7) is 7.55. The van der Waals surface area contributed by atoms with Gasteiger partial charge in [0, 0.05) is 50.3 Å². The van der Waals surface area contributed by atoms with Crippen LogP contribution in [0.25, 0.3) is 0 Å². The van der Waals surface area contributed by atoms with Gasteiger partial charge in [0.1, 0.15) is 11.6 Å². The fourth-order valence-corrected chi connectivity index (χ4v) is 4.95. The van der Waals surface area contributed by atoms with Gasteiger partial charge in [0.25, 0.3) is 0 Å². The number of hydrogen-bond acceptors (Lipinski definition) is 6. The number of hydrogen-bond donors (Lipinski definition) is 0. The summed E-state index contributed by atoms with van der Waals surface area (Å²) in [5.74, 6) is 0.146. The molecule has 3 fully saturated rings.